The number of ether oxygens (including phenoxy) is 2. The Hall–Kier alpha value is -2.46. The smallest absolute Gasteiger partial charge is 0.247 e. The number of hydrogen-bond acceptors (Lipinski definition) is 3. The molecule has 0 spiro atoms. The minimum Gasteiger partial charge on any atom is -0.493 e. The van der Waals surface area contributed by atoms with Gasteiger partial charge in [0, 0.05) is 23.1 Å². The molecule has 4 rings (SSSR count). The predicted molar refractivity (Wildman–Crippen MR) is 116 cm³/mol. The minimum absolute atomic E-state index is 0.0165. The second-order valence-electron chi connectivity index (χ2n) is 7.77. The molecular formula is C24H26ClNO3. The molecule has 2 aromatic carbocycles. The molecule has 1 heterocycles. The summed E-state index contributed by atoms with van der Waals surface area (Å²) < 4.78 is 11.8. The van der Waals surface area contributed by atoms with Crippen LogP contribution in [-0.4, -0.2) is 25.7 Å². The van der Waals surface area contributed by atoms with Gasteiger partial charge in [0.2, 0.25) is 5.91 Å². The second-order valence-corrected chi connectivity index (χ2v) is 8.21. The van der Waals surface area contributed by atoms with Crippen LogP contribution in [0.3, 0.4) is 0 Å². The van der Waals surface area contributed by atoms with Crippen molar-refractivity contribution in [3.05, 3.63) is 64.2 Å². The number of benzene rings is 2. The molecule has 4 nitrogen and oxygen atoms in total. The molecule has 1 saturated carbocycles. The van der Waals surface area contributed by atoms with Gasteiger partial charge in [-0.3, -0.25) is 4.79 Å². The number of carbonyl (C=O) groups excluding carboxylic acids is 1. The van der Waals surface area contributed by atoms with Crippen LogP contribution < -0.4 is 14.8 Å². The largest absolute Gasteiger partial charge is 0.493 e. The molecule has 1 saturated heterocycles. The number of piperidine rings is 1. The fraction of sp³-hybridized carbons (Fsp3) is 0.375. The molecule has 152 valence electrons. The minimum atomic E-state index is -0.0165. The molecule has 29 heavy (non-hydrogen) atoms. The molecule has 1 aliphatic carbocycles. The van der Waals surface area contributed by atoms with Crippen LogP contribution in [0, 0.1) is 0 Å². The third kappa shape index (κ3) is 4.76. The Labute approximate surface area is 176 Å². The topological polar surface area (TPSA) is 47.6 Å². The van der Waals surface area contributed by atoms with Crippen LogP contribution in [0.4, 0.5) is 0 Å². The zero-order valence-electron chi connectivity index (χ0n) is 16.6. The highest BCUT2D eigenvalue weighted by molar-refractivity contribution is 6.30. The number of hydrogen-bond donors (Lipinski definition) is 1. The molecule has 0 radical (unpaired) electrons. The van der Waals surface area contributed by atoms with Crippen LogP contribution >= 0.6 is 11.6 Å². The van der Waals surface area contributed by atoms with E-state index in [2.05, 4.69) is 17.4 Å². The molecular weight excluding hydrogens is 386 g/mol. The van der Waals surface area contributed by atoms with E-state index in [0.717, 1.165) is 41.0 Å². The Kier molecular flexibility index (Phi) is 6.10. The van der Waals surface area contributed by atoms with Crippen LogP contribution in [0.15, 0.2) is 48.0 Å². The lowest BCUT2D eigenvalue weighted by atomic mass is 9.87. The number of methoxy groups -OCH3 is 1. The number of amides is 1. The maximum atomic E-state index is 12.4. The highest BCUT2D eigenvalue weighted by atomic mass is 35.5. The normalized spacial score (nSPS) is 21.2. The SMILES string of the molecule is COc1ccc([C@H]2CNC(=O)/C(=C/c3cccc(Cl)c3)C2)cc1OC1CCCC1. The first-order chi connectivity index (χ1) is 14.1. The molecule has 2 aromatic rings. The van der Waals surface area contributed by atoms with Crippen molar-refractivity contribution in [1.82, 2.24) is 5.32 Å². The Morgan fingerprint density at radius 3 is 2.69 bits per heavy atom. The standard InChI is InChI=1S/C24H26ClNO3/c1-28-22-10-9-17(14-23(22)29-21-7-2-3-8-21)19-13-18(24(27)26-15-19)11-16-5-4-6-20(25)12-16/h4-6,9-12,14,19,21H,2-3,7-8,13,15H2,1H3,(H,26,27)/b18-11+/t19-/m1/s1. The van der Waals surface area contributed by atoms with E-state index in [1.807, 2.05) is 36.4 Å². The van der Waals surface area contributed by atoms with Crippen molar-refractivity contribution in [3.8, 4) is 11.5 Å². The Balaban J connectivity index is 1.56. The summed E-state index contributed by atoms with van der Waals surface area (Å²) >= 11 is 6.08. The van der Waals surface area contributed by atoms with Gasteiger partial charge in [-0.1, -0.05) is 29.8 Å². The van der Waals surface area contributed by atoms with Gasteiger partial charge in [-0.2, -0.15) is 0 Å². The summed E-state index contributed by atoms with van der Waals surface area (Å²) in [5, 5.41) is 3.69. The zero-order chi connectivity index (χ0) is 20.2. The monoisotopic (exact) mass is 411 g/mol. The van der Waals surface area contributed by atoms with Crippen molar-refractivity contribution in [1.29, 1.82) is 0 Å². The van der Waals surface area contributed by atoms with Crippen molar-refractivity contribution in [3.63, 3.8) is 0 Å². The number of carbonyl (C=O) groups is 1. The molecule has 1 N–H and O–H groups in total. The molecule has 1 aliphatic heterocycles. The average molecular weight is 412 g/mol. The summed E-state index contributed by atoms with van der Waals surface area (Å²) in [4.78, 5) is 12.4. The fourth-order valence-electron chi connectivity index (χ4n) is 4.14. The van der Waals surface area contributed by atoms with E-state index in [1.54, 1.807) is 7.11 Å². The van der Waals surface area contributed by atoms with Crippen LogP contribution in [0.2, 0.25) is 5.02 Å². The highest BCUT2D eigenvalue weighted by Crippen LogP contribution is 2.36. The van der Waals surface area contributed by atoms with E-state index in [4.69, 9.17) is 21.1 Å². The summed E-state index contributed by atoms with van der Waals surface area (Å²) in [6.07, 6.45) is 7.50. The third-order valence-electron chi connectivity index (χ3n) is 5.71. The van der Waals surface area contributed by atoms with Gasteiger partial charge in [0.1, 0.15) is 0 Å². The average Bonchev–Trinajstić information content (AvgIpc) is 3.23. The highest BCUT2D eigenvalue weighted by Gasteiger charge is 2.26. The van der Waals surface area contributed by atoms with E-state index in [1.165, 1.54) is 12.8 Å². The predicted octanol–water partition coefficient (Wildman–Crippen LogP) is 5.36. The molecule has 0 bridgehead atoms. The van der Waals surface area contributed by atoms with Gasteiger partial charge >= 0.3 is 0 Å². The van der Waals surface area contributed by atoms with E-state index in [-0.39, 0.29) is 17.9 Å². The van der Waals surface area contributed by atoms with Gasteiger partial charge in [0.25, 0.3) is 0 Å². The first-order valence-corrected chi connectivity index (χ1v) is 10.6. The zero-order valence-corrected chi connectivity index (χ0v) is 17.4. The van der Waals surface area contributed by atoms with Gasteiger partial charge in [-0.25, -0.2) is 0 Å². The van der Waals surface area contributed by atoms with Crippen molar-refractivity contribution in [2.45, 2.75) is 44.1 Å². The van der Waals surface area contributed by atoms with Crippen molar-refractivity contribution >= 4 is 23.6 Å². The van der Waals surface area contributed by atoms with Gasteiger partial charge < -0.3 is 14.8 Å². The first kappa shape index (κ1) is 19.8. The Morgan fingerprint density at radius 1 is 1.10 bits per heavy atom. The van der Waals surface area contributed by atoms with Crippen LogP contribution in [-0.2, 0) is 4.79 Å². The van der Waals surface area contributed by atoms with E-state index < -0.39 is 0 Å². The molecule has 1 atom stereocenters. The maximum absolute atomic E-state index is 12.4. The molecule has 2 fully saturated rings. The second kappa shape index (κ2) is 8.91. The maximum Gasteiger partial charge on any atom is 0.247 e. The van der Waals surface area contributed by atoms with Gasteiger partial charge in [0.15, 0.2) is 11.5 Å². The number of rotatable bonds is 5. The first-order valence-electron chi connectivity index (χ1n) is 10.2. The van der Waals surface area contributed by atoms with Gasteiger partial charge in [0.05, 0.1) is 13.2 Å². The molecule has 0 unspecified atom stereocenters. The summed E-state index contributed by atoms with van der Waals surface area (Å²) in [5.74, 6) is 1.73. The van der Waals surface area contributed by atoms with E-state index in [0.29, 0.717) is 18.0 Å². The van der Waals surface area contributed by atoms with Crippen molar-refractivity contribution < 1.29 is 14.3 Å². The molecule has 0 aromatic heterocycles. The lowest BCUT2D eigenvalue weighted by Crippen LogP contribution is -2.35. The summed E-state index contributed by atoms with van der Waals surface area (Å²) in [7, 11) is 1.67. The fourth-order valence-corrected chi connectivity index (χ4v) is 4.34. The van der Waals surface area contributed by atoms with Gasteiger partial charge in [-0.05, 0) is 73.6 Å². The van der Waals surface area contributed by atoms with Crippen LogP contribution in [0.1, 0.15) is 49.1 Å². The lowest BCUT2D eigenvalue weighted by Gasteiger charge is -2.26. The lowest BCUT2D eigenvalue weighted by molar-refractivity contribution is -0.118. The third-order valence-corrected chi connectivity index (χ3v) is 5.95. The van der Waals surface area contributed by atoms with Crippen LogP contribution in [0.5, 0.6) is 11.5 Å². The number of nitrogens with one attached hydrogen (secondary N) is 1. The molecule has 2 aliphatic rings. The van der Waals surface area contributed by atoms with Crippen molar-refractivity contribution in [2.24, 2.45) is 0 Å². The van der Waals surface area contributed by atoms with E-state index >= 15 is 0 Å². The summed E-state index contributed by atoms with van der Waals surface area (Å²) in [6, 6.07) is 13.7. The Bertz CT molecular complexity index is 918. The number of halogens is 1. The summed E-state index contributed by atoms with van der Waals surface area (Å²) in [5.41, 5.74) is 2.84. The Morgan fingerprint density at radius 2 is 1.93 bits per heavy atom. The van der Waals surface area contributed by atoms with Crippen molar-refractivity contribution in [2.75, 3.05) is 13.7 Å². The summed E-state index contributed by atoms with van der Waals surface area (Å²) in [6.45, 7) is 0.612. The quantitative estimate of drug-likeness (QED) is 0.674. The molecule has 1 amide bonds. The van der Waals surface area contributed by atoms with E-state index in [9.17, 15) is 4.79 Å². The molecule has 5 heteroatoms. The van der Waals surface area contributed by atoms with Gasteiger partial charge in [-0.15, -0.1) is 0 Å². The van der Waals surface area contributed by atoms with Crippen LogP contribution in [0.25, 0.3) is 6.08 Å².